The summed E-state index contributed by atoms with van der Waals surface area (Å²) in [4.78, 5) is 13.4. The van der Waals surface area contributed by atoms with E-state index in [1.807, 2.05) is 11.7 Å². The predicted octanol–water partition coefficient (Wildman–Crippen LogP) is 3.94. The van der Waals surface area contributed by atoms with E-state index in [9.17, 15) is 4.79 Å². The van der Waals surface area contributed by atoms with Crippen LogP contribution in [0.1, 0.15) is 36.0 Å². The molecule has 0 aliphatic carbocycles. The highest BCUT2D eigenvalue weighted by atomic mass is 79.9. The fourth-order valence-electron chi connectivity index (χ4n) is 2.20. The van der Waals surface area contributed by atoms with Gasteiger partial charge in [-0.15, -0.1) is 11.3 Å². The molecule has 0 N–H and O–H groups in total. The van der Waals surface area contributed by atoms with Crippen molar-refractivity contribution in [1.82, 2.24) is 9.78 Å². The topological polar surface area (TPSA) is 34.9 Å². The van der Waals surface area contributed by atoms with Crippen molar-refractivity contribution in [2.45, 2.75) is 39.0 Å². The van der Waals surface area contributed by atoms with Crippen molar-refractivity contribution in [2.75, 3.05) is 0 Å². The van der Waals surface area contributed by atoms with Gasteiger partial charge in [-0.2, -0.15) is 5.10 Å². The van der Waals surface area contributed by atoms with Crippen LogP contribution in [0.25, 0.3) is 0 Å². The van der Waals surface area contributed by atoms with Crippen LogP contribution in [0.15, 0.2) is 22.0 Å². The minimum atomic E-state index is 0.285. The third kappa shape index (κ3) is 3.79. The van der Waals surface area contributed by atoms with Crippen molar-refractivity contribution in [3.05, 3.63) is 38.3 Å². The zero-order valence-corrected chi connectivity index (χ0v) is 14.3. The van der Waals surface area contributed by atoms with Crippen LogP contribution in [0, 0.1) is 0 Å². The lowest BCUT2D eigenvalue weighted by Crippen LogP contribution is -2.08. The first-order valence-corrected chi connectivity index (χ1v) is 8.53. The SMILES string of the molecule is CCc1nn(C)c(CC(=O)CCCc2cccs2)c1Br. The summed E-state index contributed by atoms with van der Waals surface area (Å²) in [5.41, 5.74) is 2.01. The molecular formula is C15H19BrN2OS. The van der Waals surface area contributed by atoms with Gasteiger partial charge < -0.3 is 0 Å². The molecule has 0 aliphatic heterocycles. The Balaban J connectivity index is 1.86. The van der Waals surface area contributed by atoms with E-state index < -0.39 is 0 Å². The van der Waals surface area contributed by atoms with Gasteiger partial charge in [-0.1, -0.05) is 13.0 Å². The number of halogens is 1. The first-order chi connectivity index (χ1) is 9.61. The van der Waals surface area contributed by atoms with Gasteiger partial charge in [-0.05, 0) is 46.6 Å². The van der Waals surface area contributed by atoms with Gasteiger partial charge in [0.2, 0.25) is 0 Å². The molecule has 0 amide bonds. The van der Waals surface area contributed by atoms with E-state index >= 15 is 0 Å². The van der Waals surface area contributed by atoms with E-state index in [0.717, 1.165) is 35.1 Å². The first-order valence-electron chi connectivity index (χ1n) is 6.86. The normalized spacial score (nSPS) is 10.9. The van der Waals surface area contributed by atoms with Gasteiger partial charge in [-0.25, -0.2) is 0 Å². The number of carbonyl (C=O) groups is 1. The summed E-state index contributed by atoms with van der Waals surface area (Å²) >= 11 is 5.31. The van der Waals surface area contributed by atoms with Crippen molar-refractivity contribution in [3.63, 3.8) is 0 Å². The van der Waals surface area contributed by atoms with E-state index in [1.165, 1.54) is 4.88 Å². The molecule has 108 valence electrons. The van der Waals surface area contributed by atoms with Gasteiger partial charge >= 0.3 is 0 Å². The third-order valence-corrected chi connectivity index (χ3v) is 5.18. The molecule has 0 unspecified atom stereocenters. The second-order valence-corrected chi connectivity index (χ2v) is 6.66. The van der Waals surface area contributed by atoms with Crippen molar-refractivity contribution >= 4 is 33.0 Å². The summed E-state index contributed by atoms with van der Waals surface area (Å²) in [6, 6.07) is 4.18. The number of aromatic nitrogens is 2. The second-order valence-electron chi connectivity index (χ2n) is 4.83. The molecule has 0 aromatic carbocycles. The van der Waals surface area contributed by atoms with Gasteiger partial charge in [-0.3, -0.25) is 9.48 Å². The van der Waals surface area contributed by atoms with Crippen LogP contribution in [0.3, 0.4) is 0 Å². The molecule has 0 fully saturated rings. The van der Waals surface area contributed by atoms with Gasteiger partial charge in [0.15, 0.2) is 0 Å². The molecule has 2 aromatic heterocycles. The molecule has 2 aromatic rings. The largest absolute Gasteiger partial charge is 0.299 e. The summed E-state index contributed by atoms with van der Waals surface area (Å²) in [6.45, 7) is 2.07. The third-order valence-electron chi connectivity index (χ3n) is 3.33. The van der Waals surface area contributed by atoms with Crippen LogP contribution >= 0.6 is 27.3 Å². The molecule has 0 spiro atoms. The standard InChI is InChI=1S/C15H19BrN2OS/c1-3-13-15(16)14(18(2)17-13)10-11(19)6-4-7-12-8-5-9-20-12/h5,8-9H,3-4,6-7,10H2,1-2H3. The monoisotopic (exact) mass is 354 g/mol. The fraction of sp³-hybridized carbons (Fsp3) is 0.467. The van der Waals surface area contributed by atoms with E-state index in [-0.39, 0.29) is 5.78 Å². The zero-order chi connectivity index (χ0) is 14.5. The molecule has 0 radical (unpaired) electrons. The molecule has 3 nitrogen and oxygen atoms in total. The molecule has 0 atom stereocenters. The predicted molar refractivity (Wildman–Crippen MR) is 86.3 cm³/mol. The number of hydrogen-bond donors (Lipinski definition) is 0. The summed E-state index contributed by atoms with van der Waals surface area (Å²) in [5.74, 6) is 0.285. The van der Waals surface area contributed by atoms with E-state index in [2.05, 4.69) is 45.5 Å². The van der Waals surface area contributed by atoms with Gasteiger partial charge in [0, 0.05) is 24.8 Å². The average Bonchev–Trinajstić information content (AvgIpc) is 3.02. The molecule has 0 bridgehead atoms. The molecule has 0 aliphatic rings. The minimum absolute atomic E-state index is 0.285. The lowest BCUT2D eigenvalue weighted by atomic mass is 10.1. The summed E-state index contributed by atoms with van der Waals surface area (Å²) < 4.78 is 2.81. The first kappa shape index (κ1) is 15.4. The maximum atomic E-state index is 12.1. The molecule has 2 heterocycles. The van der Waals surface area contributed by atoms with E-state index in [0.29, 0.717) is 12.8 Å². The molecule has 20 heavy (non-hydrogen) atoms. The Labute approximate surface area is 132 Å². The van der Waals surface area contributed by atoms with Crippen LogP contribution in [0.2, 0.25) is 0 Å². The van der Waals surface area contributed by atoms with Gasteiger partial charge in [0.1, 0.15) is 5.78 Å². The van der Waals surface area contributed by atoms with E-state index in [1.54, 1.807) is 11.3 Å². The number of Topliss-reactive ketones (excluding diaryl/α,β-unsaturated/α-hetero) is 1. The molecular weight excluding hydrogens is 336 g/mol. The summed E-state index contributed by atoms with van der Waals surface area (Å²) in [7, 11) is 1.90. The van der Waals surface area contributed by atoms with Crippen molar-refractivity contribution in [1.29, 1.82) is 0 Å². The number of nitrogens with zero attached hydrogens (tertiary/aromatic N) is 2. The number of hydrogen-bond acceptors (Lipinski definition) is 3. The smallest absolute Gasteiger partial charge is 0.138 e. The number of rotatable bonds is 7. The maximum absolute atomic E-state index is 12.1. The minimum Gasteiger partial charge on any atom is -0.299 e. The summed E-state index contributed by atoms with van der Waals surface area (Å²) in [6.07, 6.45) is 3.90. The lowest BCUT2D eigenvalue weighted by molar-refractivity contribution is -0.118. The van der Waals surface area contributed by atoms with Crippen LogP contribution in [-0.2, 0) is 31.1 Å². The van der Waals surface area contributed by atoms with Crippen LogP contribution in [-0.4, -0.2) is 15.6 Å². The Morgan fingerprint density at radius 2 is 2.30 bits per heavy atom. The van der Waals surface area contributed by atoms with Crippen molar-refractivity contribution in [2.24, 2.45) is 7.05 Å². The van der Waals surface area contributed by atoms with Gasteiger partial charge in [0.05, 0.1) is 15.9 Å². The number of carbonyl (C=O) groups excluding carboxylic acids is 1. The number of thiophene rings is 1. The fourth-order valence-corrected chi connectivity index (χ4v) is 3.71. The summed E-state index contributed by atoms with van der Waals surface area (Å²) in [5, 5.41) is 6.50. The highest BCUT2D eigenvalue weighted by Gasteiger charge is 2.15. The van der Waals surface area contributed by atoms with Crippen molar-refractivity contribution < 1.29 is 4.79 Å². The van der Waals surface area contributed by atoms with E-state index in [4.69, 9.17) is 0 Å². The molecule has 5 heteroatoms. The van der Waals surface area contributed by atoms with Crippen LogP contribution in [0.5, 0.6) is 0 Å². The Hall–Kier alpha value is -0.940. The van der Waals surface area contributed by atoms with Gasteiger partial charge in [0.25, 0.3) is 0 Å². The van der Waals surface area contributed by atoms with Crippen molar-refractivity contribution in [3.8, 4) is 0 Å². The molecule has 2 rings (SSSR count). The lowest BCUT2D eigenvalue weighted by Gasteiger charge is -2.03. The molecule has 0 saturated heterocycles. The zero-order valence-electron chi connectivity index (χ0n) is 11.9. The Morgan fingerprint density at radius 3 is 2.90 bits per heavy atom. The highest BCUT2D eigenvalue weighted by molar-refractivity contribution is 9.10. The van der Waals surface area contributed by atoms with Crippen LogP contribution < -0.4 is 0 Å². The Bertz CT molecular complexity index is 575. The van der Waals surface area contributed by atoms with Crippen LogP contribution in [0.4, 0.5) is 0 Å². The highest BCUT2D eigenvalue weighted by Crippen LogP contribution is 2.22. The Kier molecular flexibility index (Phi) is 5.54. The second kappa shape index (κ2) is 7.18. The molecule has 0 saturated carbocycles. The maximum Gasteiger partial charge on any atom is 0.138 e. The number of aryl methyl sites for hydroxylation is 3. The average molecular weight is 355 g/mol. The quantitative estimate of drug-likeness (QED) is 0.754. The Morgan fingerprint density at radius 1 is 1.50 bits per heavy atom. The number of ketones is 1.